The van der Waals surface area contributed by atoms with Gasteiger partial charge < -0.3 is 58.7 Å². The predicted molar refractivity (Wildman–Crippen MR) is 202 cm³/mol. The molecule has 6 N–H and O–H groups in total. The van der Waals surface area contributed by atoms with Gasteiger partial charge in [-0.2, -0.15) is 0 Å². The number of fused-ring (bicyclic) bond motifs is 3. The van der Waals surface area contributed by atoms with E-state index in [1.54, 1.807) is 0 Å². The van der Waals surface area contributed by atoms with E-state index >= 15 is 0 Å². The fourth-order valence-electron chi connectivity index (χ4n) is 6.54. The molecule has 0 amide bonds. The van der Waals surface area contributed by atoms with Gasteiger partial charge in [0.05, 0.1) is 22.1 Å². The minimum Gasteiger partial charge on any atom is -0.477 e. The molecule has 6 aromatic rings. The van der Waals surface area contributed by atoms with E-state index in [0.717, 1.165) is 71.9 Å². The molecule has 0 fully saturated rings. The number of esters is 6. The Morgan fingerprint density at radius 2 is 0.683 bits per heavy atom. The molecule has 0 aliphatic heterocycles. The highest BCUT2D eigenvalue weighted by atomic mass is 16.6. The highest BCUT2D eigenvalue weighted by Crippen LogP contribution is 2.59. The molecule has 21 heteroatoms. The average Bonchev–Trinajstić information content (AvgIpc) is 3.86. The minimum absolute atomic E-state index is 0.0787. The van der Waals surface area contributed by atoms with Crippen molar-refractivity contribution in [1.82, 2.24) is 15.0 Å². The van der Waals surface area contributed by atoms with E-state index < -0.39 is 122 Å². The standard InChI is InChI=1S/C39H29N3O18/c1-12(43)55-26-10-21-18(7-23(40-21)37(49)50)28(33(26)57-14(3)45)30-20-9-25(39(53)54)42-32(20)31(36(60-17(6)48)35(30)59-16(5)47)29-19-8-24(38(51)52)41-22(19)11-27(56-13(2)44)34(29)58-15(4)46/h7-11,40-42H,1-6H3,(H,49,50)(H,51,52)(H,53,54). The molecule has 3 aromatic heterocycles. The van der Waals surface area contributed by atoms with Gasteiger partial charge in [0.1, 0.15) is 17.1 Å². The molecule has 0 aliphatic carbocycles. The predicted octanol–water partition coefficient (Wildman–Crippen LogP) is 5.11. The number of hydrogen-bond acceptors (Lipinski definition) is 15. The zero-order valence-electron chi connectivity index (χ0n) is 31.9. The van der Waals surface area contributed by atoms with Crippen molar-refractivity contribution >= 4 is 86.4 Å². The smallest absolute Gasteiger partial charge is 0.352 e. The summed E-state index contributed by atoms with van der Waals surface area (Å²) < 4.78 is 33.5. The first-order chi connectivity index (χ1) is 28.2. The monoisotopic (exact) mass is 827 g/mol. The summed E-state index contributed by atoms with van der Waals surface area (Å²) in [7, 11) is 0. The SMILES string of the molecule is CC(=O)Oc1cc2[nH]c(C(=O)O)cc2c(-c2c(OC(C)=O)c(OC(C)=O)c(-c3c(OC(C)=O)c(OC(C)=O)cc4[nH]c(C(=O)O)cc34)c3[nH]c(C(=O)O)cc23)c1OC(C)=O. The van der Waals surface area contributed by atoms with Crippen molar-refractivity contribution in [3.63, 3.8) is 0 Å². The molecule has 0 saturated carbocycles. The van der Waals surface area contributed by atoms with Crippen LogP contribution in [0.1, 0.15) is 73.0 Å². The molecule has 0 spiro atoms. The number of aromatic amines is 3. The summed E-state index contributed by atoms with van der Waals surface area (Å²) in [5.74, 6) is -14.4. The lowest BCUT2D eigenvalue weighted by atomic mass is 9.89. The molecular weight excluding hydrogens is 798 g/mol. The fourth-order valence-corrected chi connectivity index (χ4v) is 6.54. The number of H-pyrrole nitrogens is 3. The van der Waals surface area contributed by atoms with Crippen molar-refractivity contribution in [2.45, 2.75) is 41.5 Å². The Bertz CT molecular complexity index is 2760. The number of rotatable bonds is 11. The molecule has 0 aliphatic rings. The molecule has 0 unspecified atom stereocenters. The first-order valence-corrected chi connectivity index (χ1v) is 17.1. The zero-order valence-corrected chi connectivity index (χ0v) is 31.9. The molecule has 0 radical (unpaired) electrons. The highest BCUT2D eigenvalue weighted by Gasteiger charge is 2.36. The molecule has 6 rings (SSSR count). The van der Waals surface area contributed by atoms with Gasteiger partial charge in [-0.05, 0) is 18.2 Å². The molecule has 3 aromatic carbocycles. The van der Waals surface area contributed by atoms with Crippen LogP contribution in [0.25, 0.3) is 55.0 Å². The van der Waals surface area contributed by atoms with Crippen molar-refractivity contribution in [1.29, 1.82) is 0 Å². The van der Waals surface area contributed by atoms with E-state index in [-0.39, 0.29) is 38.3 Å². The average molecular weight is 828 g/mol. The van der Waals surface area contributed by atoms with Gasteiger partial charge in [0.15, 0.2) is 34.5 Å². The van der Waals surface area contributed by atoms with Gasteiger partial charge in [-0.25, -0.2) is 14.4 Å². The number of nitrogens with one attached hydrogen (secondary N) is 3. The molecule has 0 atom stereocenters. The molecule has 308 valence electrons. The Morgan fingerprint density at radius 1 is 0.383 bits per heavy atom. The third kappa shape index (κ3) is 7.64. The van der Waals surface area contributed by atoms with E-state index in [4.69, 9.17) is 28.4 Å². The largest absolute Gasteiger partial charge is 0.477 e. The van der Waals surface area contributed by atoms with Gasteiger partial charge in [-0.3, -0.25) is 28.8 Å². The normalized spacial score (nSPS) is 11.0. The lowest BCUT2D eigenvalue weighted by molar-refractivity contribution is -0.134. The second-order valence-electron chi connectivity index (χ2n) is 12.8. The Balaban J connectivity index is 2.01. The third-order valence-corrected chi connectivity index (χ3v) is 8.37. The lowest BCUT2D eigenvalue weighted by Gasteiger charge is -2.23. The Morgan fingerprint density at radius 3 is 1.05 bits per heavy atom. The highest BCUT2D eigenvalue weighted by molar-refractivity contribution is 6.21. The second-order valence-corrected chi connectivity index (χ2v) is 12.8. The molecule has 0 bridgehead atoms. The van der Waals surface area contributed by atoms with Gasteiger partial charge in [0.25, 0.3) is 0 Å². The first-order valence-electron chi connectivity index (χ1n) is 17.1. The van der Waals surface area contributed by atoms with Gasteiger partial charge in [-0.1, -0.05) is 0 Å². The molecule has 3 heterocycles. The quantitative estimate of drug-likeness (QED) is 0.0730. The summed E-state index contributed by atoms with van der Waals surface area (Å²) in [6.45, 7) is 5.80. The van der Waals surface area contributed by atoms with Crippen LogP contribution in [0.3, 0.4) is 0 Å². The van der Waals surface area contributed by atoms with Crippen LogP contribution >= 0.6 is 0 Å². The Labute approximate surface area is 333 Å². The van der Waals surface area contributed by atoms with E-state index in [9.17, 15) is 58.5 Å². The van der Waals surface area contributed by atoms with Crippen LogP contribution in [0.15, 0.2) is 30.3 Å². The summed E-state index contributed by atoms with van der Waals surface area (Å²) in [4.78, 5) is 122. The maximum absolute atomic E-state index is 13.1. The van der Waals surface area contributed by atoms with E-state index in [1.807, 2.05) is 0 Å². The maximum Gasteiger partial charge on any atom is 0.352 e. The van der Waals surface area contributed by atoms with Gasteiger partial charge in [0.2, 0.25) is 0 Å². The maximum atomic E-state index is 13.1. The molecule has 21 nitrogen and oxygen atoms in total. The number of aromatic nitrogens is 3. The topological polar surface area (TPSA) is 317 Å². The minimum atomic E-state index is -1.60. The zero-order chi connectivity index (χ0) is 44.1. The second kappa shape index (κ2) is 15.5. The summed E-state index contributed by atoms with van der Waals surface area (Å²) in [5.41, 5.74) is -3.70. The van der Waals surface area contributed by atoms with Crippen LogP contribution in [-0.2, 0) is 28.8 Å². The van der Waals surface area contributed by atoms with Gasteiger partial charge in [0, 0.05) is 86.5 Å². The fraction of sp³-hybridized carbons (Fsp3) is 0.154. The number of carbonyl (C=O) groups is 9. The van der Waals surface area contributed by atoms with Crippen LogP contribution in [0.2, 0.25) is 0 Å². The molecule has 0 saturated heterocycles. The van der Waals surface area contributed by atoms with Crippen LogP contribution in [0.5, 0.6) is 34.5 Å². The number of ether oxygens (including phenoxy) is 6. The Hall–Kier alpha value is -8.49. The molecule has 60 heavy (non-hydrogen) atoms. The van der Waals surface area contributed by atoms with Crippen LogP contribution in [0, 0.1) is 0 Å². The number of carboxylic acid groups (broad SMARTS) is 3. The summed E-state index contributed by atoms with van der Waals surface area (Å²) in [6.07, 6.45) is 0. The van der Waals surface area contributed by atoms with Crippen molar-refractivity contribution in [2.75, 3.05) is 0 Å². The number of aromatic carboxylic acids is 3. The van der Waals surface area contributed by atoms with Gasteiger partial charge in [-0.15, -0.1) is 0 Å². The van der Waals surface area contributed by atoms with Crippen LogP contribution in [0.4, 0.5) is 0 Å². The third-order valence-electron chi connectivity index (χ3n) is 8.37. The van der Waals surface area contributed by atoms with Crippen molar-refractivity contribution < 1.29 is 86.9 Å². The summed E-state index contributed by atoms with van der Waals surface area (Å²) in [6, 6.07) is 5.40. The lowest BCUT2D eigenvalue weighted by Crippen LogP contribution is -2.12. The van der Waals surface area contributed by atoms with Crippen molar-refractivity contribution in [3.05, 3.63) is 47.4 Å². The Kier molecular flexibility index (Phi) is 10.6. The van der Waals surface area contributed by atoms with E-state index in [0.29, 0.717) is 0 Å². The first kappa shape index (κ1) is 41.2. The summed E-state index contributed by atoms with van der Waals surface area (Å²) >= 11 is 0. The van der Waals surface area contributed by atoms with Crippen molar-refractivity contribution in [2.24, 2.45) is 0 Å². The van der Waals surface area contributed by atoms with Crippen molar-refractivity contribution in [3.8, 4) is 56.8 Å². The van der Waals surface area contributed by atoms with E-state index in [1.165, 1.54) is 0 Å². The summed E-state index contributed by atoms with van der Waals surface area (Å²) in [5, 5.41) is 29.8. The number of carboxylic acids is 3. The van der Waals surface area contributed by atoms with Gasteiger partial charge >= 0.3 is 53.7 Å². The number of hydrogen-bond donors (Lipinski definition) is 6. The van der Waals surface area contributed by atoms with E-state index in [2.05, 4.69) is 15.0 Å². The number of carbonyl (C=O) groups excluding carboxylic acids is 6. The van der Waals surface area contributed by atoms with Crippen LogP contribution < -0.4 is 28.4 Å². The number of benzene rings is 3. The van der Waals surface area contributed by atoms with Crippen LogP contribution in [-0.4, -0.2) is 84.0 Å². The molecular formula is C39H29N3O18.